The van der Waals surface area contributed by atoms with Crippen molar-refractivity contribution in [1.82, 2.24) is 25.1 Å². The third-order valence-corrected chi connectivity index (χ3v) is 6.17. The summed E-state index contributed by atoms with van der Waals surface area (Å²) < 4.78 is 0. The predicted molar refractivity (Wildman–Crippen MR) is 106 cm³/mol. The summed E-state index contributed by atoms with van der Waals surface area (Å²) in [4.78, 5) is 40.3. The van der Waals surface area contributed by atoms with Crippen LogP contribution in [0, 0.1) is 11.3 Å². The van der Waals surface area contributed by atoms with E-state index in [1.54, 1.807) is 18.5 Å². The van der Waals surface area contributed by atoms with Gasteiger partial charge in [0.2, 0.25) is 5.95 Å². The van der Waals surface area contributed by atoms with Crippen LogP contribution in [0.25, 0.3) is 0 Å². The van der Waals surface area contributed by atoms with Crippen molar-refractivity contribution < 1.29 is 9.59 Å². The number of rotatable bonds is 3. The molecule has 3 aliphatic rings. The van der Waals surface area contributed by atoms with Gasteiger partial charge in [-0.15, -0.1) is 0 Å². The van der Waals surface area contributed by atoms with Gasteiger partial charge in [0.05, 0.1) is 6.67 Å². The first-order valence-corrected chi connectivity index (χ1v) is 10.2. The molecule has 0 aromatic carbocycles. The van der Waals surface area contributed by atoms with Gasteiger partial charge in [0, 0.05) is 38.6 Å². The van der Waals surface area contributed by atoms with Crippen molar-refractivity contribution in [3.63, 3.8) is 0 Å². The number of nitrogens with zero attached hydrogens (tertiary/aromatic N) is 5. The average molecular weight is 387 g/mol. The number of amides is 3. The highest BCUT2D eigenvalue weighted by Crippen LogP contribution is 2.46. The minimum atomic E-state index is -0.724. The minimum Gasteiger partial charge on any atom is -0.338 e. The van der Waals surface area contributed by atoms with Crippen molar-refractivity contribution >= 4 is 17.9 Å². The monoisotopic (exact) mass is 386 g/mol. The number of carbonyl (C=O) groups is 2. The van der Waals surface area contributed by atoms with E-state index >= 15 is 0 Å². The van der Waals surface area contributed by atoms with Gasteiger partial charge in [0.1, 0.15) is 5.54 Å². The first-order valence-electron chi connectivity index (χ1n) is 10.2. The molecule has 0 bridgehead atoms. The summed E-state index contributed by atoms with van der Waals surface area (Å²) in [5.74, 6) is 1.10. The molecule has 1 spiro atoms. The fraction of sp³-hybridized carbons (Fsp3) is 0.700. The Morgan fingerprint density at radius 3 is 2.43 bits per heavy atom. The molecule has 2 atom stereocenters. The molecule has 3 amide bonds. The van der Waals surface area contributed by atoms with E-state index in [2.05, 4.69) is 45.9 Å². The second-order valence-electron chi connectivity index (χ2n) is 9.40. The van der Waals surface area contributed by atoms with Crippen molar-refractivity contribution in [2.75, 3.05) is 37.7 Å². The summed E-state index contributed by atoms with van der Waals surface area (Å²) in [6.45, 7) is 10.0. The van der Waals surface area contributed by atoms with E-state index in [0.29, 0.717) is 19.0 Å². The van der Waals surface area contributed by atoms with Crippen LogP contribution in [0.4, 0.5) is 10.7 Å². The van der Waals surface area contributed by atoms with Crippen LogP contribution in [-0.4, -0.2) is 70.1 Å². The van der Waals surface area contributed by atoms with Crippen LogP contribution in [0.15, 0.2) is 18.5 Å². The lowest BCUT2D eigenvalue weighted by molar-refractivity contribution is -0.136. The molecule has 28 heavy (non-hydrogen) atoms. The number of urea groups is 1. The summed E-state index contributed by atoms with van der Waals surface area (Å²) in [6.07, 6.45) is 6.02. The van der Waals surface area contributed by atoms with E-state index in [9.17, 15) is 9.59 Å². The molecule has 2 aliphatic heterocycles. The third kappa shape index (κ3) is 3.57. The zero-order valence-corrected chi connectivity index (χ0v) is 17.0. The number of aromatic nitrogens is 2. The van der Waals surface area contributed by atoms with E-state index in [4.69, 9.17) is 0 Å². The second kappa shape index (κ2) is 6.99. The van der Waals surface area contributed by atoms with Crippen molar-refractivity contribution in [3.8, 4) is 0 Å². The average Bonchev–Trinajstić information content (AvgIpc) is 2.85. The van der Waals surface area contributed by atoms with Crippen LogP contribution >= 0.6 is 0 Å². The third-order valence-electron chi connectivity index (χ3n) is 6.17. The van der Waals surface area contributed by atoms with E-state index < -0.39 is 5.54 Å². The number of nitrogens with one attached hydrogen (secondary N) is 1. The lowest BCUT2D eigenvalue weighted by Gasteiger charge is -2.44. The molecule has 8 heteroatoms. The van der Waals surface area contributed by atoms with Crippen molar-refractivity contribution in [1.29, 1.82) is 0 Å². The van der Waals surface area contributed by atoms with Gasteiger partial charge in [-0.1, -0.05) is 20.8 Å². The first-order chi connectivity index (χ1) is 13.3. The number of carbonyl (C=O) groups excluding carboxylic acids is 2. The van der Waals surface area contributed by atoms with Gasteiger partial charge >= 0.3 is 6.03 Å². The zero-order valence-electron chi connectivity index (χ0n) is 17.0. The Morgan fingerprint density at radius 2 is 1.79 bits per heavy atom. The fourth-order valence-corrected chi connectivity index (χ4v) is 5.38. The van der Waals surface area contributed by atoms with Crippen LogP contribution in [0.3, 0.4) is 0 Å². The molecule has 1 saturated carbocycles. The van der Waals surface area contributed by atoms with Gasteiger partial charge in [0.15, 0.2) is 0 Å². The Morgan fingerprint density at radius 1 is 1.11 bits per heavy atom. The van der Waals surface area contributed by atoms with Gasteiger partial charge in [-0.3, -0.25) is 9.69 Å². The lowest BCUT2D eigenvalue weighted by Crippen LogP contribution is -2.55. The Kier molecular flexibility index (Phi) is 4.77. The van der Waals surface area contributed by atoms with E-state index in [1.165, 1.54) is 4.90 Å². The molecule has 2 saturated heterocycles. The van der Waals surface area contributed by atoms with Crippen LogP contribution in [0.2, 0.25) is 0 Å². The normalized spacial score (nSPS) is 30.8. The van der Waals surface area contributed by atoms with E-state index in [1.807, 2.05) is 0 Å². The largest absolute Gasteiger partial charge is 0.338 e. The Labute approximate surface area is 166 Å². The molecule has 0 unspecified atom stereocenters. The Balaban J connectivity index is 1.39. The van der Waals surface area contributed by atoms with Crippen molar-refractivity contribution in [3.05, 3.63) is 18.5 Å². The highest BCUT2D eigenvalue weighted by atomic mass is 16.2. The van der Waals surface area contributed by atoms with Gasteiger partial charge in [-0.05, 0) is 36.7 Å². The quantitative estimate of drug-likeness (QED) is 0.796. The topological polar surface area (TPSA) is 81.7 Å². The molecule has 8 nitrogen and oxygen atoms in total. The Hall–Kier alpha value is -2.22. The lowest BCUT2D eigenvalue weighted by atomic mass is 9.64. The highest BCUT2D eigenvalue weighted by Gasteiger charge is 2.56. The van der Waals surface area contributed by atoms with Gasteiger partial charge in [0.25, 0.3) is 5.91 Å². The summed E-state index contributed by atoms with van der Waals surface area (Å²) in [5, 5.41) is 3.06. The van der Waals surface area contributed by atoms with Crippen molar-refractivity contribution in [2.45, 2.75) is 45.6 Å². The molecule has 1 aromatic heterocycles. The van der Waals surface area contributed by atoms with Gasteiger partial charge < -0.3 is 10.2 Å². The molecule has 3 fully saturated rings. The van der Waals surface area contributed by atoms with Crippen LogP contribution < -0.4 is 10.2 Å². The maximum absolute atomic E-state index is 13.3. The van der Waals surface area contributed by atoms with Gasteiger partial charge in [-0.25, -0.2) is 19.7 Å². The molecule has 1 aliphatic carbocycles. The second-order valence-corrected chi connectivity index (χ2v) is 9.40. The summed E-state index contributed by atoms with van der Waals surface area (Å²) >= 11 is 0. The summed E-state index contributed by atoms with van der Waals surface area (Å²) in [5.41, 5.74) is -0.671. The van der Waals surface area contributed by atoms with Gasteiger partial charge in [-0.2, -0.15) is 0 Å². The molecule has 0 radical (unpaired) electrons. The molecule has 1 aromatic rings. The summed E-state index contributed by atoms with van der Waals surface area (Å²) in [7, 11) is 0. The van der Waals surface area contributed by atoms with Crippen LogP contribution in [0.5, 0.6) is 0 Å². The van der Waals surface area contributed by atoms with Crippen molar-refractivity contribution in [2.24, 2.45) is 11.3 Å². The first kappa shape index (κ1) is 19.1. The molecule has 4 rings (SSSR count). The predicted octanol–water partition coefficient (Wildman–Crippen LogP) is 1.69. The van der Waals surface area contributed by atoms with Crippen LogP contribution in [0.1, 0.15) is 40.0 Å². The number of imide groups is 1. The summed E-state index contributed by atoms with van der Waals surface area (Å²) in [6, 6.07) is 1.56. The molecule has 3 heterocycles. The highest BCUT2D eigenvalue weighted by molar-refractivity contribution is 6.07. The molecule has 1 N–H and O–H groups in total. The number of hydrogen-bond acceptors (Lipinski definition) is 6. The number of piperazine rings is 1. The number of hydrogen-bond donors (Lipinski definition) is 1. The Bertz CT molecular complexity index is 746. The van der Waals surface area contributed by atoms with E-state index in [0.717, 1.165) is 45.0 Å². The zero-order chi connectivity index (χ0) is 19.9. The smallest absolute Gasteiger partial charge is 0.326 e. The fourth-order valence-electron chi connectivity index (χ4n) is 5.38. The van der Waals surface area contributed by atoms with E-state index in [-0.39, 0.29) is 17.4 Å². The minimum absolute atomic E-state index is 0.0500. The maximum atomic E-state index is 13.3. The number of anilines is 1. The maximum Gasteiger partial charge on any atom is 0.326 e. The van der Waals surface area contributed by atoms with Crippen LogP contribution in [-0.2, 0) is 4.79 Å². The molecule has 152 valence electrons. The standard InChI is InChI=1S/C20H30N6O2/c1-15-11-19(2,3)13-20(12-15)16(27)26(18(28)23-20)14-24-7-9-25(10-8-24)17-21-5-4-6-22-17/h4-6,15H,7-14H2,1-3H3,(H,23,28)/t15-,20+/m0/s1. The SMILES string of the molecule is C[C@H]1CC(C)(C)C[C@@]2(C1)NC(=O)N(CN1CCN(c3ncccn3)CC1)C2=O. The molecular formula is C20H30N6O2. The molecular weight excluding hydrogens is 356 g/mol.